The third-order valence-corrected chi connectivity index (χ3v) is 2.77. The van der Waals surface area contributed by atoms with Crippen LogP contribution in [-0.2, 0) is 11.2 Å². The van der Waals surface area contributed by atoms with Crippen LogP contribution < -0.4 is 5.73 Å². The van der Waals surface area contributed by atoms with E-state index in [1.54, 1.807) is 0 Å². The molecule has 17 heavy (non-hydrogen) atoms. The molecule has 0 aliphatic heterocycles. The van der Waals surface area contributed by atoms with E-state index < -0.39 is 0 Å². The van der Waals surface area contributed by atoms with Crippen molar-refractivity contribution in [3.05, 3.63) is 34.3 Å². The summed E-state index contributed by atoms with van der Waals surface area (Å²) < 4.78 is 5.66. The maximum Gasteiger partial charge on any atom is 0.0627 e. The standard InChI is InChI=1S/C14H22ClNO/c1-10-5-6-11(13(15)7-10)8-12(16)9-17-14(2,3)4/h5-7,12H,8-9,16H2,1-4H3. The van der Waals surface area contributed by atoms with Crippen LogP contribution in [0.2, 0.25) is 5.02 Å². The van der Waals surface area contributed by atoms with Gasteiger partial charge in [-0.2, -0.15) is 0 Å². The van der Waals surface area contributed by atoms with E-state index in [0.717, 1.165) is 17.0 Å². The minimum atomic E-state index is -0.144. The second-order valence-corrected chi connectivity index (χ2v) is 5.89. The first-order valence-electron chi connectivity index (χ1n) is 5.92. The van der Waals surface area contributed by atoms with Crippen LogP contribution in [0.1, 0.15) is 31.9 Å². The van der Waals surface area contributed by atoms with E-state index in [2.05, 4.69) is 6.07 Å². The molecule has 0 aliphatic carbocycles. The number of ether oxygens (including phenoxy) is 1. The van der Waals surface area contributed by atoms with E-state index in [-0.39, 0.29) is 11.6 Å². The molecule has 0 saturated heterocycles. The lowest BCUT2D eigenvalue weighted by atomic mass is 10.1. The highest BCUT2D eigenvalue weighted by Gasteiger charge is 2.14. The number of benzene rings is 1. The smallest absolute Gasteiger partial charge is 0.0627 e. The van der Waals surface area contributed by atoms with Crippen molar-refractivity contribution in [1.82, 2.24) is 0 Å². The van der Waals surface area contributed by atoms with Gasteiger partial charge in [0.05, 0.1) is 12.2 Å². The van der Waals surface area contributed by atoms with Crippen molar-refractivity contribution in [2.24, 2.45) is 5.73 Å². The third kappa shape index (κ3) is 5.53. The molecule has 0 saturated carbocycles. The van der Waals surface area contributed by atoms with Crippen LogP contribution >= 0.6 is 11.6 Å². The molecular formula is C14H22ClNO. The molecule has 0 amide bonds. The highest BCUT2D eigenvalue weighted by Crippen LogP contribution is 2.19. The molecule has 0 radical (unpaired) electrons. The lowest BCUT2D eigenvalue weighted by Gasteiger charge is -2.22. The quantitative estimate of drug-likeness (QED) is 0.896. The van der Waals surface area contributed by atoms with Crippen molar-refractivity contribution < 1.29 is 4.74 Å². The van der Waals surface area contributed by atoms with Crippen LogP contribution in [-0.4, -0.2) is 18.2 Å². The minimum Gasteiger partial charge on any atom is -0.374 e. The van der Waals surface area contributed by atoms with Gasteiger partial charge in [-0.1, -0.05) is 23.7 Å². The fraction of sp³-hybridized carbons (Fsp3) is 0.571. The summed E-state index contributed by atoms with van der Waals surface area (Å²) in [7, 11) is 0. The van der Waals surface area contributed by atoms with E-state index in [9.17, 15) is 0 Å². The number of hydrogen-bond acceptors (Lipinski definition) is 2. The monoisotopic (exact) mass is 255 g/mol. The zero-order chi connectivity index (χ0) is 13.1. The maximum absolute atomic E-state index is 6.17. The van der Waals surface area contributed by atoms with Crippen molar-refractivity contribution in [1.29, 1.82) is 0 Å². The average molecular weight is 256 g/mol. The van der Waals surface area contributed by atoms with Crippen molar-refractivity contribution >= 4 is 11.6 Å². The van der Waals surface area contributed by atoms with Gasteiger partial charge in [-0.3, -0.25) is 0 Å². The largest absolute Gasteiger partial charge is 0.374 e. The van der Waals surface area contributed by atoms with Gasteiger partial charge in [-0.25, -0.2) is 0 Å². The molecule has 1 unspecified atom stereocenters. The fourth-order valence-corrected chi connectivity index (χ4v) is 1.83. The van der Waals surface area contributed by atoms with Gasteiger partial charge in [0.15, 0.2) is 0 Å². The Hall–Kier alpha value is -0.570. The first kappa shape index (κ1) is 14.5. The Bertz CT molecular complexity index is 371. The van der Waals surface area contributed by atoms with E-state index >= 15 is 0 Å². The Morgan fingerprint density at radius 2 is 2.00 bits per heavy atom. The van der Waals surface area contributed by atoms with Gasteiger partial charge in [0.25, 0.3) is 0 Å². The summed E-state index contributed by atoms with van der Waals surface area (Å²) in [5.74, 6) is 0. The molecule has 1 aromatic carbocycles. The molecule has 1 rings (SSSR count). The van der Waals surface area contributed by atoms with E-state index in [4.69, 9.17) is 22.1 Å². The molecule has 1 aromatic rings. The summed E-state index contributed by atoms with van der Waals surface area (Å²) >= 11 is 6.17. The van der Waals surface area contributed by atoms with Crippen LogP contribution in [0.15, 0.2) is 18.2 Å². The summed E-state index contributed by atoms with van der Waals surface area (Å²) in [5, 5.41) is 0.788. The number of nitrogens with two attached hydrogens (primary N) is 1. The molecule has 2 N–H and O–H groups in total. The summed E-state index contributed by atoms with van der Waals surface area (Å²) in [6.45, 7) is 8.65. The van der Waals surface area contributed by atoms with Crippen molar-refractivity contribution in [2.45, 2.75) is 45.8 Å². The number of hydrogen-bond donors (Lipinski definition) is 1. The maximum atomic E-state index is 6.17. The average Bonchev–Trinajstić information content (AvgIpc) is 2.18. The molecule has 96 valence electrons. The Balaban J connectivity index is 2.53. The summed E-state index contributed by atoms with van der Waals surface area (Å²) in [4.78, 5) is 0. The van der Waals surface area contributed by atoms with E-state index in [1.165, 1.54) is 5.56 Å². The predicted molar refractivity (Wildman–Crippen MR) is 73.6 cm³/mol. The van der Waals surface area contributed by atoms with Crippen molar-refractivity contribution in [2.75, 3.05) is 6.61 Å². The molecule has 2 nitrogen and oxygen atoms in total. The Morgan fingerprint density at radius 3 is 2.53 bits per heavy atom. The van der Waals surface area contributed by atoms with E-state index in [0.29, 0.717) is 6.61 Å². The summed E-state index contributed by atoms with van der Waals surface area (Å²) in [5.41, 5.74) is 8.14. The molecule has 0 heterocycles. The Morgan fingerprint density at radius 1 is 1.35 bits per heavy atom. The minimum absolute atomic E-state index is 0.0190. The molecule has 0 bridgehead atoms. The Labute approximate surface area is 109 Å². The van der Waals surface area contributed by atoms with Gasteiger partial charge in [0.1, 0.15) is 0 Å². The summed E-state index contributed by atoms with van der Waals surface area (Å²) in [6, 6.07) is 6.04. The third-order valence-electron chi connectivity index (χ3n) is 2.42. The van der Waals surface area contributed by atoms with Crippen LogP contribution in [0.3, 0.4) is 0 Å². The second-order valence-electron chi connectivity index (χ2n) is 5.48. The van der Waals surface area contributed by atoms with Gasteiger partial charge < -0.3 is 10.5 Å². The normalized spacial score (nSPS) is 13.8. The molecular weight excluding hydrogens is 234 g/mol. The van der Waals surface area contributed by atoms with Crippen molar-refractivity contribution in [3.63, 3.8) is 0 Å². The molecule has 3 heteroatoms. The van der Waals surface area contributed by atoms with E-state index in [1.807, 2.05) is 39.8 Å². The predicted octanol–water partition coefficient (Wildman–Crippen LogP) is 3.33. The topological polar surface area (TPSA) is 35.2 Å². The molecule has 0 fully saturated rings. The second kappa shape index (κ2) is 5.85. The SMILES string of the molecule is Cc1ccc(CC(N)COC(C)(C)C)c(Cl)c1. The van der Waals surface area contributed by atoms with Crippen LogP contribution in [0.25, 0.3) is 0 Å². The van der Waals surface area contributed by atoms with Crippen molar-refractivity contribution in [3.8, 4) is 0 Å². The first-order valence-corrected chi connectivity index (χ1v) is 6.30. The fourth-order valence-electron chi connectivity index (χ4n) is 1.52. The lowest BCUT2D eigenvalue weighted by Crippen LogP contribution is -2.33. The number of halogens is 1. The van der Waals surface area contributed by atoms with Gasteiger partial charge in [-0.05, 0) is 51.3 Å². The first-order chi connectivity index (χ1) is 7.78. The van der Waals surface area contributed by atoms with Gasteiger partial charge in [0.2, 0.25) is 0 Å². The number of rotatable bonds is 4. The molecule has 0 aromatic heterocycles. The number of aryl methyl sites for hydroxylation is 1. The molecule has 1 atom stereocenters. The highest BCUT2D eigenvalue weighted by atomic mass is 35.5. The van der Waals surface area contributed by atoms with Gasteiger partial charge in [-0.15, -0.1) is 0 Å². The molecule has 0 aliphatic rings. The van der Waals surface area contributed by atoms with Crippen LogP contribution in [0.5, 0.6) is 0 Å². The van der Waals surface area contributed by atoms with Gasteiger partial charge >= 0.3 is 0 Å². The highest BCUT2D eigenvalue weighted by molar-refractivity contribution is 6.31. The van der Waals surface area contributed by atoms with Crippen LogP contribution in [0, 0.1) is 6.92 Å². The Kier molecular flexibility index (Phi) is 4.99. The molecule has 0 spiro atoms. The van der Waals surface area contributed by atoms with Gasteiger partial charge in [0, 0.05) is 11.1 Å². The zero-order valence-corrected chi connectivity index (χ0v) is 11.8. The van der Waals surface area contributed by atoms with Crippen LogP contribution in [0.4, 0.5) is 0 Å². The summed E-state index contributed by atoms with van der Waals surface area (Å²) in [6.07, 6.45) is 0.745. The zero-order valence-electron chi connectivity index (χ0n) is 11.1. The lowest BCUT2D eigenvalue weighted by molar-refractivity contribution is -0.00982.